The third-order valence-corrected chi connectivity index (χ3v) is 2.77. The molecule has 0 bridgehead atoms. The monoisotopic (exact) mass is 252 g/mol. The molecule has 0 saturated heterocycles. The van der Waals surface area contributed by atoms with Crippen molar-refractivity contribution in [1.29, 1.82) is 0 Å². The van der Waals surface area contributed by atoms with E-state index in [1.807, 2.05) is 12.1 Å². The first-order chi connectivity index (χ1) is 8.85. The second kappa shape index (κ2) is 6.47. The Morgan fingerprint density at radius 1 is 1.33 bits per heavy atom. The summed E-state index contributed by atoms with van der Waals surface area (Å²) in [7, 11) is 1.64. The molecule has 2 rings (SSSR count). The van der Waals surface area contributed by atoms with Gasteiger partial charge in [0.2, 0.25) is 5.75 Å². The molecule has 100 valence electrons. The molecule has 1 aromatic carbocycles. The molecule has 1 aromatic rings. The lowest BCUT2D eigenvalue weighted by Gasteiger charge is -2.21. The summed E-state index contributed by atoms with van der Waals surface area (Å²) in [6.07, 6.45) is 0.974. The average Bonchev–Trinajstić information content (AvgIpc) is 2.42. The molecule has 0 amide bonds. The summed E-state index contributed by atoms with van der Waals surface area (Å²) in [6, 6.07) is 3.97. The lowest BCUT2D eigenvalue weighted by atomic mass is 10.1. The topological polar surface area (TPSA) is 65.7 Å². The number of nitrogens with one attached hydrogen (secondary N) is 1. The van der Waals surface area contributed by atoms with E-state index >= 15 is 0 Å². The van der Waals surface area contributed by atoms with E-state index in [9.17, 15) is 0 Å². The van der Waals surface area contributed by atoms with Crippen molar-refractivity contribution in [2.45, 2.75) is 13.0 Å². The van der Waals surface area contributed by atoms with Crippen LogP contribution >= 0.6 is 0 Å². The lowest BCUT2D eigenvalue weighted by Crippen LogP contribution is -2.19. The standard InChI is InChI=1S/C13H20N2O3/c1-16-11-7-10(9-15-4-2-3-14)8-12-13(11)18-6-5-17-12/h7-8,15H,2-6,9,14H2,1H3. The van der Waals surface area contributed by atoms with Crippen molar-refractivity contribution in [3.63, 3.8) is 0 Å². The maximum atomic E-state index is 5.58. The first kappa shape index (κ1) is 13.0. The normalized spacial score (nSPS) is 13.4. The maximum Gasteiger partial charge on any atom is 0.203 e. The van der Waals surface area contributed by atoms with Crippen LogP contribution in [0.2, 0.25) is 0 Å². The molecule has 0 saturated carbocycles. The van der Waals surface area contributed by atoms with Crippen LogP contribution in [0, 0.1) is 0 Å². The highest BCUT2D eigenvalue weighted by Crippen LogP contribution is 2.40. The van der Waals surface area contributed by atoms with Gasteiger partial charge in [-0.2, -0.15) is 0 Å². The smallest absolute Gasteiger partial charge is 0.203 e. The van der Waals surface area contributed by atoms with Gasteiger partial charge in [0.25, 0.3) is 0 Å². The summed E-state index contributed by atoms with van der Waals surface area (Å²) in [4.78, 5) is 0. The van der Waals surface area contributed by atoms with Gasteiger partial charge in [-0.15, -0.1) is 0 Å². The summed E-state index contributed by atoms with van der Waals surface area (Å²) >= 11 is 0. The van der Waals surface area contributed by atoms with Gasteiger partial charge in [0.05, 0.1) is 7.11 Å². The molecule has 0 spiro atoms. The molecule has 18 heavy (non-hydrogen) atoms. The molecule has 0 aliphatic carbocycles. The van der Waals surface area contributed by atoms with Gasteiger partial charge < -0.3 is 25.3 Å². The highest BCUT2D eigenvalue weighted by Gasteiger charge is 2.18. The fourth-order valence-corrected chi connectivity index (χ4v) is 1.89. The first-order valence-electron chi connectivity index (χ1n) is 6.22. The third kappa shape index (κ3) is 3.05. The molecule has 0 atom stereocenters. The number of ether oxygens (including phenoxy) is 3. The quantitative estimate of drug-likeness (QED) is 0.737. The molecule has 0 fully saturated rings. The van der Waals surface area contributed by atoms with E-state index in [2.05, 4.69) is 5.32 Å². The highest BCUT2D eigenvalue weighted by molar-refractivity contribution is 5.54. The molecule has 0 radical (unpaired) electrons. The van der Waals surface area contributed by atoms with Crippen LogP contribution in [0.1, 0.15) is 12.0 Å². The molecule has 3 N–H and O–H groups in total. The SMILES string of the molecule is COc1cc(CNCCCN)cc2c1OCCO2. The number of methoxy groups -OCH3 is 1. The van der Waals surface area contributed by atoms with Crippen molar-refractivity contribution in [2.24, 2.45) is 5.73 Å². The number of benzene rings is 1. The van der Waals surface area contributed by atoms with E-state index in [0.29, 0.717) is 25.5 Å². The summed E-state index contributed by atoms with van der Waals surface area (Å²) in [6.45, 7) is 3.54. The van der Waals surface area contributed by atoms with Crippen molar-refractivity contribution >= 4 is 0 Å². The van der Waals surface area contributed by atoms with Gasteiger partial charge in [-0.3, -0.25) is 0 Å². The van der Waals surface area contributed by atoms with Crippen molar-refractivity contribution in [1.82, 2.24) is 5.32 Å². The predicted molar refractivity (Wildman–Crippen MR) is 69.4 cm³/mol. The van der Waals surface area contributed by atoms with E-state index in [0.717, 1.165) is 36.6 Å². The van der Waals surface area contributed by atoms with Crippen LogP contribution in [-0.2, 0) is 6.54 Å². The average molecular weight is 252 g/mol. The minimum absolute atomic E-state index is 0.567. The summed E-state index contributed by atoms with van der Waals surface area (Å²) in [5.41, 5.74) is 6.57. The minimum atomic E-state index is 0.567. The molecule has 0 unspecified atom stereocenters. The fourth-order valence-electron chi connectivity index (χ4n) is 1.89. The Labute approximate surface area is 107 Å². The van der Waals surface area contributed by atoms with Gasteiger partial charge in [0, 0.05) is 6.54 Å². The van der Waals surface area contributed by atoms with Gasteiger partial charge in [0.15, 0.2) is 11.5 Å². The molecule has 1 heterocycles. The zero-order chi connectivity index (χ0) is 12.8. The summed E-state index contributed by atoms with van der Waals surface area (Å²) in [5, 5.41) is 3.33. The van der Waals surface area contributed by atoms with Gasteiger partial charge in [0.1, 0.15) is 13.2 Å². The Kier molecular flexibility index (Phi) is 4.66. The number of rotatable bonds is 6. The Balaban J connectivity index is 2.06. The van der Waals surface area contributed by atoms with Crippen molar-refractivity contribution in [2.75, 3.05) is 33.4 Å². The van der Waals surface area contributed by atoms with Crippen LogP contribution in [0.5, 0.6) is 17.2 Å². The van der Waals surface area contributed by atoms with Gasteiger partial charge in [-0.1, -0.05) is 0 Å². The van der Waals surface area contributed by atoms with E-state index in [4.69, 9.17) is 19.9 Å². The summed E-state index contributed by atoms with van der Waals surface area (Å²) < 4.78 is 16.5. The number of nitrogens with two attached hydrogens (primary N) is 1. The van der Waals surface area contributed by atoms with Crippen molar-refractivity contribution in [3.8, 4) is 17.2 Å². The Hall–Kier alpha value is -1.46. The third-order valence-electron chi connectivity index (χ3n) is 2.77. The first-order valence-corrected chi connectivity index (χ1v) is 6.22. The fraction of sp³-hybridized carbons (Fsp3) is 0.538. The lowest BCUT2D eigenvalue weighted by molar-refractivity contribution is 0.165. The molecular weight excluding hydrogens is 232 g/mol. The predicted octanol–water partition coefficient (Wildman–Crippen LogP) is 0.905. The molecular formula is C13H20N2O3. The molecule has 1 aliphatic rings. The zero-order valence-corrected chi connectivity index (χ0v) is 10.7. The van der Waals surface area contributed by atoms with Crippen LogP contribution in [-0.4, -0.2) is 33.4 Å². The molecule has 5 nitrogen and oxygen atoms in total. The van der Waals surface area contributed by atoms with E-state index in [-0.39, 0.29) is 0 Å². The molecule has 0 aromatic heterocycles. The number of hydrogen-bond acceptors (Lipinski definition) is 5. The van der Waals surface area contributed by atoms with E-state index in [1.165, 1.54) is 0 Å². The second-order valence-electron chi connectivity index (χ2n) is 4.14. The van der Waals surface area contributed by atoms with Crippen LogP contribution < -0.4 is 25.3 Å². The Morgan fingerprint density at radius 2 is 2.17 bits per heavy atom. The highest BCUT2D eigenvalue weighted by atomic mass is 16.6. The van der Waals surface area contributed by atoms with E-state index in [1.54, 1.807) is 7.11 Å². The van der Waals surface area contributed by atoms with Crippen molar-refractivity contribution < 1.29 is 14.2 Å². The largest absolute Gasteiger partial charge is 0.493 e. The van der Waals surface area contributed by atoms with Crippen LogP contribution in [0.4, 0.5) is 0 Å². The van der Waals surface area contributed by atoms with Gasteiger partial charge in [-0.05, 0) is 37.2 Å². The van der Waals surface area contributed by atoms with Crippen molar-refractivity contribution in [3.05, 3.63) is 17.7 Å². The van der Waals surface area contributed by atoms with Gasteiger partial charge in [-0.25, -0.2) is 0 Å². The zero-order valence-electron chi connectivity index (χ0n) is 10.7. The molecule has 1 aliphatic heterocycles. The Morgan fingerprint density at radius 3 is 2.94 bits per heavy atom. The Bertz CT molecular complexity index is 379. The molecule has 5 heteroatoms. The number of fused-ring (bicyclic) bond motifs is 1. The van der Waals surface area contributed by atoms with Crippen LogP contribution in [0.3, 0.4) is 0 Å². The second-order valence-corrected chi connectivity index (χ2v) is 4.14. The maximum absolute atomic E-state index is 5.58. The number of hydrogen-bond donors (Lipinski definition) is 2. The summed E-state index contributed by atoms with van der Waals surface area (Å²) in [5.74, 6) is 2.19. The van der Waals surface area contributed by atoms with Crippen LogP contribution in [0.15, 0.2) is 12.1 Å². The minimum Gasteiger partial charge on any atom is -0.493 e. The van der Waals surface area contributed by atoms with Gasteiger partial charge >= 0.3 is 0 Å². The van der Waals surface area contributed by atoms with Crippen LogP contribution in [0.25, 0.3) is 0 Å². The van der Waals surface area contributed by atoms with E-state index < -0.39 is 0 Å².